The predicted octanol–water partition coefficient (Wildman–Crippen LogP) is 4.56. The van der Waals surface area contributed by atoms with Crippen LogP contribution in [0.15, 0.2) is 29.1 Å². The van der Waals surface area contributed by atoms with Crippen LogP contribution in [0.25, 0.3) is 10.9 Å². The highest BCUT2D eigenvalue weighted by Gasteiger charge is 2.08. The van der Waals surface area contributed by atoms with E-state index in [0.29, 0.717) is 29.0 Å². The van der Waals surface area contributed by atoms with Crippen LogP contribution in [0.2, 0.25) is 0 Å². The number of H-pyrrole nitrogens is 1. The maximum absolute atomic E-state index is 12.6. The van der Waals surface area contributed by atoms with Crippen LogP contribution in [-0.4, -0.2) is 21.5 Å². The van der Waals surface area contributed by atoms with E-state index in [2.05, 4.69) is 31.1 Å². The highest BCUT2D eigenvalue weighted by Crippen LogP contribution is 2.09. The molecule has 27 heavy (non-hydrogen) atoms. The van der Waals surface area contributed by atoms with Crippen LogP contribution in [0.4, 0.5) is 0 Å². The minimum absolute atomic E-state index is 0.0499. The fourth-order valence-electron chi connectivity index (χ4n) is 3.14. The fraction of sp³-hybridized carbons (Fsp3) is 0.571. The molecule has 0 aliphatic carbocycles. The first-order chi connectivity index (χ1) is 12.9. The van der Waals surface area contributed by atoms with Crippen molar-refractivity contribution in [2.24, 2.45) is 5.92 Å². The Labute approximate surface area is 166 Å². The molecule has 0 aliphatic rings. The molecule has 0 saturated carbocycles. The zero-order chi connectivity index (χ0) is 19.8. The van der Waals surface area contributed by atoms with Gasteiger partial charge in [-0.3, -0.25) is 14.2 Å². The van der Waals surface area contributed by atoms with Crippen molar-refractivity contribution in [1.82, 2.24) is 14.9 Å². The Hall–Kier alpha value is -1.95. The number of carbonyl (C=O) groups excluding carboxylic acids is 1. The number of benzene rings is 1. The zero-order valence-corrected chi connectivity index (χ0v) is 17.4. The third-order valence-corrected chi connectivity index (χ3v) is 5.08. The molecule has 5 nitrogen and oxygen atoms in total. The van der Waals surface area contributed by atoms with Crippen molar-refractivity contribution in [2.75, 3.05) is 0 Å². The topological polar surface area (TPSA) is 66.9 Å². The van der Waals surface area contributed by atoms with Gasteiger partial charge in [0.05, 0.1) is 10.9 Å². The van der Waals surface area contributed by atoms with E-state index < -0.39 is 0 Å². The Kier molecular flexibility index (Phi) is 8.23. The largest absolute Gasteiger partial charge is 0.354 e. The molecule has 1 unspecified atom stereocenters. The molecule has 1 atom stereocenters. The molecule has 0 aliphatic heterocycles. The average Bonchev–Trinajstić information content (AvgIpc) is 2.62. The normalized spacial score (nSPS) is 12.4. The molecule has 1 heterocycles. The Balaban J connectivity index is 1.76. The zero-order valence-electron chi connectivity index (χ0n) is 16.6. The number of amides is 1. The molecule has 2 rings (SSSR count). The van der Waals surface area contributed by atoms with Crippen LogP contribution in [0.1, 0.15) is 59.3 Å². The van der Waals surface area contributed by atoms with Gasteiger partial charge in [-0.25, -0.2) is 0 Å². The lowest BCUT2D eigenvalue weighted by molar-refractivity contribution is -0.121. The third kappa shape index (κ3) is 6.61. The molecule has 2 aromatic rings. The van der Waals surface area contributed by atoms with E-state index >= 15 is 0 Å². The number of nitrogens with zero attached hydrogens (tertiary/aromatic N) is 1. The van der Waals surface area contributed by atoms with Gasteiger partial charge in [0.1, 0.15) is 0 Å². The smallest absolute Gasteiger partial charge is 0.262 e. The number of aromatic nitrogens is 2. The molecule has 1 aromatic carbocycles. The van der Waals surface area contributed by atoms with Crippen LogP contribution >= 0.6 is 12.2 Å². The number of nitrogens with one attached hydrogen (secondary N) is 2. The summed E-state index contributed by atoms with van der Waals surface area (Å²) >= 11 is 5.32. The van der Waals surface area contributed by atoms with Gasteiger partial charge in [0.2, 0.25) is 5.91 Å². The maximum Gasteiger partial charge on any atom is 0.262 e. The molecule has 0 bridgehead atoms. The monoisotopic (exact) mass is 389 g/mol. The van der Waals surface area contributed by atoms with Gasteiger partial charge < -0.3 is 10.3 Å². The van der Waals surface area contributed by atoms with E-state index in [1.165, 1.54) is 0 Å². The number of aromatic amines is 1. The van der Waals surface area contributed by atoms with Gasteiger partial charge in [-0.15, -0.1) is 0 Å². The van der Waals surface area contributed by atoms with Crippen LogP contribution in [0.3, 0.4) is 0 Å². The highest BCUT2D eigenvalue weighted by molar-refractivity contribution is 7.71. The van der Waals surface area contributed by atoms with Crippen molar-refractivity contribution < 1.29 is 4.79 Å². The summed E-state index contributed by atoms with van der Waals surface area (Å²) in [6, 6.07) is 7.63. The number of hydrogen-bond donors (Lipinski definition) is 2. The SMILES string of the molecule is CC(C)CCC(C)NC(=O)CCCCCn1c(=S)[nH]c2ccccc2c1=O. The second-order valence-electron chi connectivity index (χ2n) is 7.68. The number of unbranched alkanes of at least 4 members (excludes halogenated alkanes) is 2. The van der Waals surface area contributed by atoms with Gasteiger partial charge >= 0.3 is 0 Å². The van der Waals surface area contributed by atoms with E-state index in [1.54, 1.807) is 4.57 Å². The number of fused-ring (bicyclic) bond motifs is 1. The van der Waals surface area contributed by atoms with Gasteiger partial charge in [-0.1, -0.05) is 32.4 Å². The lowest BCUT2D eigenvalue weighted by Crippen LogP contribution is -2.32. The summed E-state index contributed by atoms with van der Waals surface area (Å²) in [5.41, 5.74) is 0.720. The molecule has 2 N–H and O–H groups in total. The molecular weight excluding hydrogens is 358 g/mol. The number of rotatable bonds is 10. The third-order valence-electron chi connectivity index (χ3n) is 4.76. The lowest BCUT2D eigenvalue weighted by Gasteiger charge is -2.15. The van der Waals surface area contributed by atoms with E-state index in [-0.39, 0.29) is 17.5 Å². The number of para-hydroxylation sites is 1. The molecule has 1 aromatic heterocycles. The average molecular weight is 390 g/mol. The van der Waals surface area contributed by atoms with Crippen LogP contribution in [-0.2, 0) is 11.3 Å². The summed E-state index contributed by atoms with van der Waals surface area (Å²) in [6.45, 7) is 7.03. The molecule has 1 amide bonds. The molecule has 0 saturated heterocycles. The van der Waals surface area contributed by atoms with Crippen molar-refractivity contribution in [3.8, 4) is 0 Å². The van der Waals surface area contributed by atoms with Gasteiger partial charge in [0, 0.05) is 19.0 Å². The van der Waals surface area contributed by atoms with Gasteiger partial charge in [0.15, 0.2) is 4.77 Å². The summed E-state index contributed by atoms with van der Waals surface area (Å²) in [4.78, 5) is 27.7. The second kappa shape index (κ2) is 10.4. The van der Waals surface area contributed by atoms with E-state index in [1.807, 2.05) is 24.3 Å². The molecule has 0 radical (unpaired) electrons. The quantitative estimate of drug-likeness (QED) is 0.462. The highest BCUT2D eigenvalue weighted by atomic mass is 32.1. The van der Waals surface area contributed by atoms with E-state index in [4.69, 9.17) is 12.2 Å². The molecule has 6 heteroatoms. The minimum Gasteiger partial charge on any atom is -0.354 e. The Morgan fingerprint density at radius 2 is 1.89 bits per heavy atom. The Morgan fingerprint density at radius 3 is 2.63 bits per heavy atom. The van der Waals surface area contributed by atoms with Gasteiger partial charge in [-0.05, 0) is 62.9 Å². The van der Waals surface area contributed by atoms with Gasteiger partial charge in [-0.2, -0.15) is 0 Å². The molecule has 0 fully saturated rings. The van der Waals surface area contributed by atoms with Crippen LogP contribution < -0.4 is 10.9 Å². The Morgan fingerprint density at radius 1 is 1.15 bits per heavy atom. The first-order valence-electron chi connectivity index (χ1n) is 9.89. The first-order valence-corrected chi connectivity index (χ1v) is 10.3. The summed E-state index contributed by atoms with van der Waals surface area (Å²) in [5, 5.41) is 3.72. The maximum atomic E-state index is 12.6. The standard InChI is InChI=1S/C21H31N3O2S/c1-15(2)12-13-16(3)22-19(25)11-5-4-8-14-24-20(26)17-9-6-7-10-18(17)23-21(24)27/h6-7,9-10,15-16H,4-5,8,11-14H2,1-3H3,(H,22,25)(H,23,27). The first kappa shape index (κ1) is 21.4. The summed E-state index contributed by atoms with van der Waals surface area (Å²) in [5.74, 6) is 0.779. The number of hydrogen-bond acceptors (Lipinski definition) is 3. The minimum atomic E-state index is -0.0499. The van der Waals surface area contributed by atoms with Crippen molar-refractivity contribution in [1.29, 1.82) is 0 Å². The van der Waals surface area contributed by atoms with Crippen molar-refractivity contribution in [3.63, 3.8) is 0 Å². The Bertz CT molecular complexity index is 870. The predicted molar refractivity (Wildman–Crippen MR) is 114 cm³/mol. The van der Waals surface area contributed by atoms with E-state index in [9.17, 15) is 9.59 Å². The van der Waals surface area contributed by atoms with Crippen molar-refractivity contribution in [3.05, 3.63) is 39.4 Å². The molecule has 148 valence electrons. The molecule has 0 spiro atoms. The summed E-state index contributed by atoms with van der Waals surface area (Å²) < 4.78 is 2.07. The van der Waals surface area contributed by atoms with Gasteiger partial charge in [0.25, 0.3) is 5.56 Å². The van der Waals surface area contributed by atoms with Crippen molar-refractivity contribution >= 4 is 29.0 Å². The molecular formula is C21H31N3O2S. The van der Waals surface area contributed by atoms with Crippen LogP contribution in [0.5, 0.6) is 0 Å². The van der Waals surface area contributed by atoms with Crippen LogP contribution in [0, 0.1) is 10.7 Å². The van der Waals surface area contributed by atoms with Crippen molar-refractivity contribution in [2.45, 2.75) is 71.9 Å². The summed E-state index contributed by atoms with van der Waals surface area (Å²) in [6.07, 6.45) is 5.22. The lowest BCUT2D eigenvalue weighted by atomic mass is 10.0. The summed E-state index contributed by atoms with van der Waals surface area (Å²) in [7, 11) is 0. The second-order valence-corrected chi connectivity index (χ2v) is 8.07. The number of carbonyl (C=O) groups is 1. The van der Waals surface area contributed by atoms with E-state index in [0.717, 1.165) is 37.6 Å². The fourth-order valence-corrected chi connectivity index (χ4v) is 3.42.